The average Bonchev–Trinajstić information content (AvgIpc) is 2.52. The fraction of sp³-hybridized carbons (Fsp3) is 0.438. The predicted octanol–water partition coefficient (Wildman–Crippen LogP) is 2.34. The van der Waals surface area contributed by atoms with Crippen LogP contribution in [0.3, 0.4) is 0 Å². The predicted molar refractivity (Wildman–Crippen MR) is 79.1 cm³/mol. The SMILES string of the molecule is c1cnc2cc(OCCCN3CCOCC3)ccc2c1. The Balaban J connectivity index is 1.47. The molecular formula is C16H20N2O2. The van der Waals surface area contributed by atoms with Gasteiger partial charge in [0.1, 0.15) is 5.75 Å². The Hall–Kier alpha value is -1.65. The molecule has 1 aromatic carbocycles. The van der Waals surface area contributed by atoms with E-state index in [1.54, 1.807) is 0 Å². The van der Waals surface area contributed by atoms with Crippen LogP contribution in [0.15, 0.2) is 36.5 Å². The molecule has 1 aliphatic heterocycles. The largest absolute Gasteiger partial charge is 0.493 e. The summed E-state index contributed by atoms with van der Waals surface area (Å²) in [6.45, 7) is 5.62. The molecule has 2 heterocycles. The van der Waals surface area contributed by atoms with E-state index in [0.29, 0.717) is 0 Å². The minimum absolute atomic E-state index is 0.746. The Morgan fingerprint density at radius 3 is 3.00 bits per heavy atom. The van der Waals surface area contributed by atoms with Crippen LogP contribution in [0.2, 0.25) is 0 Å². The molecule has 0 amide bonds. The van der Waals surface area contributed by atoms with E-state index in [0.717, 1.165) is 62.5 Å². The first-order valence-corrected chi connectivity index (χ1v) is 7.19. The molecule has 0 radical (unpaired) electrons. The summed E-state index contributed by atoms with van der Waals surface area (Å²) in [5, 5.41) is 1.15. The van der Waals surface area contributed by atoms with Gasteiger partial charge in [0.2, 0.25) is 0 Å². The number of nitrogens with zero attached hydrogens (tertiary/aromatic N) is 2. The van der Waals surface area contributed by atoms with Gasteiger partial charge in [-0.05, 0) is 24.6 Å². The summed E-state index contributed by atoms with van der Waals surface area (Å²) in [6, 6.07) is 10.1. The standard InChI is InChI=1S/C16H20N2O2/c1-3-14-4-5-15(13-16(14)17-6-1)20-10-2-7-18-8-11-19-12-9-18/h1,3-6,13H,2,7-12H2. The van der Waals surface area contributed by atoms with Gasteiger partial charge in [-0.25, -0.2) is 0 Å². The van der Waals surface area contributed by atoms with Gasteiger partial charge in [-0.1, -0.05) is 6.07 Å². The Bertz CT molecular complexity index is 553. The number of hydrogen-bond acceptors (Lipinski definition) is 4. The van der Waals surface area contributed by atoms with Crippen LogP contribution in [0.25, 0.3) is 10.9 Å². The molecule has 106 valence electrons. The van der Waals surface area contributed by atoms with Crippen molar-refractivity contribution in [1.29, 1.82) is 0 Å². The second kappa shape index (κ2) is 6.68. The summed E-state index contributed by atoms with van der Waals surface area (Å²) in [6.07, 6.45) is 2.85. The minimum atomic E-state index is 0.746. The van der Waals surface area contributed by atoms with Crippen molar-refractivity contribution in [2.45, 2.75) is 6.42 Å². The van der Waals surface area contributed by atoms with Crippen molar-refractivity contribution < 1.29 is 9.47 Å². The van der Waals surface area contributed by atoms with Gasteiger partial charge in [-0.15, -0.1) is 0 Å². The number of pyridine rings is 1. The zero-order valence-corrected chi connectivity index (χ0v) is 11.6. The third-order valence-corrected chi connectivity index (χ3v) is 3.57. The molecule has 20 heavy (non-hydrogen) atoms. The summed E-state index contributed by atoms with van der Waals surface area (Å²) in [5.74, 6) is 0.901. The maximum atomic E-state index is 5.81. The molecule has 3 rings (SSSR count). The lowest BCUT2D eigenvalue weighted by Crippen LogP contribution is -2.37. The summed E-state index contributed by atoms with van der Waals surface area (Å²) >= 11 is 0. The maximum absolute atomic E-state index is 5.81. The van der Waals surface area contributed by atoms with Crippen LogP contribution in [0, 0.1) is 0 Å². The topological polar surface area (TPSA) is 34.6 Å². The molecule has 0 atom stereocenters. The molecule has 4 heteroatoms. The molecular weight excluding hydrogens is 252 g/mol. The number of morpholine rings is 1. The van der Waals surface area contributed by atoms with E-state index in [1.165, 1.54) is 0 Å². The van der Waals surface area contributed by atoms with Crippen LogP contribution in [0.1, 0.15) is 6.42 Å². The third-order valence-electron chi connectivity index (χ3n) is 3.57. The van der Waals surface area contributed by atoms with Gasteiger partial charge in [0.05, 0.1) is 25.3 Å². The molecule has 1 fully saturated rings. The van der Waals surface area contributed by atoms with Gasteiger partial charge in [0.15, 0.2) is 0 Å². The van der Waals surface area contributed by atoms with E-state index in [4.69, 9.17) is 9.47 Å². The highest BCUT2D eigenvalue weighted by Crippen LogP contribution is 2.18. The Kier molecular flexibility index (Phi) is 4.46. The lowest BCUT2D eigenvalue weighted by Gasteiger charge is -2.26. The van der Waals surface area contributed by atoms with E-state index in [9.17, 15) is 0 Å². The zero-order valence-electron chi connectivity index (χ0n) is 11.6. The van der Waals surface area contributed by atoms with Crippen molar-refractivity contribution in [2.75, 3.05) is 39.5 Å². The average molecular weight is 272 g/mol. The van der Waals surface area contributed by atoms with E-state index in [1.807, 2.05) is 24.4 Å². The summed E-state index contributed by atoms with van der Waals surface area (Å²) in [5.41, 5.74) is 0.984. The molecule has 1 aromatic heterocycles. The highest BCUT2D eigenvalue weighted by Gasteiger charge is 2.09. The zero-order chi connectivity index (χ0) is 13.6. The quantitative estimate of drug-likeness (QED) is 0.783. The fourth-order valence-electron chi connectivity index (χ4n) is 2.44. The Morgan fingerprint density at radius 2 is 2.10 bits per heavy atom. The van der Waals surface area contributed by atoms with E-state index in [-0.39, 0.29) is 0 Å². The molecule has 0 spiro atoms. The highest BCUT2D eigenvalue weighted by atomic mass is 16.5. The first kappa shape index (κ1) is 13.3. The summed E-state index contributed by atoms with van der Waals surface area (Å²) in [4.78, 5) is 6.77. The molecule has 1 saturated heterocycles. The monoisotopic (exact) mass is 272 g/mol. The van der Waals surface area contributed by atoms with Crippen LogP contribution in [0.5, 0.6) is 5.75 Å². The maximum Gasteiger partial charge on any atom is 0.121 e. The van der Waals surface area contributed by atoms with Crippen molar-refractivity contribution in [1.82, 2.24) is 9.88 Å². The van der Waals surface area contributed by atoms with Gasteiger partial charge in [-0.2, -0.15) is 0 Å². The van der Waals surface area contributed by atoms with Crippen molar-refractivity contribution in [2.24, 2.45) is 0 Å². The molecule has 4 nitrogen and oxygen atoms in total. The number of ether oxygens (including phenoxy) is 2. The van der Waals surface area contributed by atoms with Crippen molar-refractivity contribution >= 4 is 10.9 Å². The van der Waals surface area contributed by atoms with Crippen LogP contribution >= 0.6 is 0 Å². The van der Waals surface area contributed by atoms with E-state index in [2.05, 4.69) is 22.0 Å². The van der Waals surface area contributed by atoms with Crippen molar-refractivity contribution in [3.8, 4) is 5.75 Å². The van der Waals surface area contributed by atoms with Crippen LogP contribution in [0.4, 0.5) is 0 Å². The second-order valence-electron chi connectivity index (χ2n) is 5.01. The van der Waals surface area contributed by atoms with E-state index < -0.39 is 0 Å². The molecule has 0 unspecified atom stereocenters. The Morgan fingerprint density at radius 1 is 1.20 bits per heavy atom. The first-order valence-electron chi connectivity index (χ1n) is 7.19. The normalized spacial score (nSPS) is 16.4. The molecule has 1 aliphatic rings. The molecule has 2 aromatic rings. The van der Waals surface area contributed by atoms with Gasteiger partial charge >= 0.3 is 0 Å². The van der Waals surface area contributed by atoms with Crippen LogP contribution < -0.4 is 4.74 Å². The van der Waals surface area contributed by atoms with Crippen LogP contribution in [-0.4, -0.2) is 49.3 Å². The fourth-order valence-corrected chi connectivity index (χ4v) is 2.44. The number of aromatic nitrogens is 1. The lowest BCUT2D eigenvalue weighted by molar-refractivity contribution is 0.0358. The van der Waals surface area contributed by atoms with Gasteiger partial charge in [0, 0.05) is 37.3 Å². The Labute approximate surface area is 119 Å². The summed E-state index contributed by atoms with van der Waals surface area (Å²) < 4.78 is 11.1. The molecule has 0 bridgehead atoms. The summed E-state index contributed by atoms with van der Waals surface area (Å²) in [7, 11) is 0. The first-order chi connectivity index (χ1) is 9.92. The van der Waals surface area contributed by atoms with Gasteiger partial charge in [0.25, 0.3) is 0 Å². The minimum Gasteiger partial charge on any atom is -0.493 e. The third kappa shape index (κ3) is 3.46. The number of fused-ring (bicyclic) bond motifs is 1. The number of hydrogen-bond donors (Lipinski definition) is 0. The number of benzene rings is 1. The van der Waals surface area contributed by atoms with Crippen molar-refractivity contribution in [3.05, 3.63) is 36.5 Å². The van der Waals surface area contributed by atoms with Crippen molar-refractivity contribution in [3.63, 3.8) is 0 Å². The second-order valence-corrected chi connectivity index (χ2v) is 5.01. The van der Waals surface area contributed by atoms with Gasteiger partial charge in [-0.3, -0.25) is 9.88 Å². The highest BCUT2D eigenvalue weighted by molar-refractivity contribution is 5.79. The number of rotatable bonds is 5. The van der Waals surface area contributed by atoms with Gasteiger partial charge < -0.3 is 9.47 Å². The molecule has 0 aliphatic carbocycles. The van der Waals surface area contributed by atoms with Crippen LogP contribution in [-0.2, 0) is 4.74 Å². The van der Waals surface area contributed by atoms with E-state index >= 15 is 0 Å². The molecule has 0 N–H and O–H groups in total. The smallest absolute Gasteiger partial charge is 0.121 e. The lowest BCUT2D eigenvalue weighted by atomic mass is 10.2. The molecule has 0 saturated carbocycles.